The maximum absolute atomic E-state index is 6.27. The molecule has 0 bridgehead atoms. The molecule has 0 amide bonds. The predicted molar refractivity (Wildman–Crippen MR) is 138 cm³/mol. The number of rotatable bonds is 5. The first-order valence-corrected chi connectivity index (χ1v) is 11.6. The zero-order valence-electron chi connectivity index (χ0n) is 18.3. The Kier molecular flexibility index (Phi) is 8.94. The van der Waals surface area contributed by atoms with Crippen molar-refractivity contribution in [2.24, 2.45) is 10.7 Å². The van der Waals surface area contributed by atoms with Gasteiger partial charge in [-0.3, -0.25) is 4.90 Å². The van der Waals surface area contributed by atoms with E-state index >= 15 is 0 Å². The van der Waals surface area contributed by atoms with Gasteiger partial charge < -0.3 is 20.3 Å². The predicted octanol–water partition coefficient (Wildman–Crippen LogP) is 3.01. The van der Waals surface area contributed by atoms with Crippen molar-refractivity contribution >= 4 is 46.4 Å². The van der Waals surface area contributed by atoms with Gasteiger partial charge >= 0.3 is 0 Å². The topological polar surface area (TPSA) is 70.2 Å². The first-order chi connectivity index (χ1) is 14.6. The summed E-state index contributed by atoms with van der Waals surface area (Å²) < 4.78 is 5.82. The van der Waals surface area contributed by atoms with Gasteiger partial charge in [-0.2, -0.15) is 0 Å². The van der Waals surface area contributed by atoms with Crippen LogP contribution in [0.2, 0.25) is 0 Å². The van der Waals surface area contributed by atoms with Crippen molar-refractivity contribution in [3.8, 4) is 0 Å². The van der Waals surface area contributed by atoms with Crippen LogP contribution in [-0.4, -0.2) is 72.2 Å². The lowest BCUT2D eigenvalue weighted by molar-refractivity contribution is -0.0704. The van der Waals surface area contributed by atoms with Gasteiger partial charge in [0.15, 0.2) is 11.1 Å². The minimum Gasteiger partial charge on any atom is -0.373 e. The molecular weight excluding hydrogens is 523 g/mol. The Balaban J connectivity index is 0.00000272. The fourth-order valence-electron chi connectivity index (χ4n) is 4.19. The molecule has 31 heavy (non-hydrogen) atoms. The highest BCUT2D eigenvalue weighted by molar-refractivity contribution is 14.0. The molecule has 1 aromatic carbocycles. The number of aromatic nitrogens is 1. The Morgan fingerprint density at radius 3 is 2.35 bits per heavy atom. The van der Waals surface area contributed by atoms with Crippen LogP contribution in [0.3, 0.4) is 0 Å². The van der Waals surface area contributed by atoms with Crippen molar-refractivity contribution in [1.82, 2.24) is 14.8 Å². The lowest BCUT2D eigenvalue weighted by Crippen LogP contribution is -2.51. The summed E-state index contributed by atoms with van der Waals surface area (Å²) in [5.74, 6) is 0.633. The smallest absolute Gasteiger partial charge is 0.191 e. The Morgan fingerprint density at radius 1 is 1.10 bits per heavy atom. The molecule has 0 radical (unpaired) electrons. The van der Waals surface area contributed by atoms with Crippen LogP contribution >= 0.6 is 35.3 Å². The highest BCUT2D eigenvalue weighted by atomic mass is 127. The molecule has 2 atom stereocenters. The van der Waals surface area contributed by atoms with Crippen molar-refractivity contribution in [3.05, 3.63) is 47.0 Å². The number of aliphatic imine (C=N–C) groups is 1. The average Bonchev–Trinajstić information content (AvgIpc) is 3.27. The molecule has 2 aromatic rings. The maximum atomic E-state index is 6.27. The average molecular weight is 557 g/mol. The molecule has 7 nitrogen and oxygen atoms in total. The molecular formula is C22H33IN6OS. The van der Waals surface area contributed by atoms with Crippen LogP contribution in [-0.2, 0) is 17.8 Å². The SMILES string of the molecule is CC1CN(Cc2ccc(CN=C(N)N3CCN(c4nccs4)CC3)cc2)CC(C)O1.I. The third kappa shape index (κ3) is 6.77. The first-order valence-electron chi connectivity index (χ1n) is 10.7. The summed E-state index contributed by atoms with van der Waals surface area (Å²) in [7, 11) is 0. The Hall–Kier alpha value is -1.43. The third-order valence-corrected chi connectivity index (χ3v) is 6.47. The highest BCUT2D eigenvalue weighted by Crippen LogP contribution is 2.19. The van der Waals surface area contributed by atoms with Crippen LogP contribution in [0.4, 0.5) is 5.13 Å². The van der Waals surface area contributed by atoms with Gasteiger partial charge in [-0.1, -0.05) is 24.3 Å². The van der Waals surface area contributed by atoms with E-state index in [-0.39, 0.29) is 24.0 Å². The molecule has 2 saturated heterocycles. The summed E-state index contributed by atoms with van der Waals surface area (Å²) in [6, 6.07) is 8.75. The molecule has 3 heterocycles. The molecule has 2 N–H and O–H groups in total. The summed E-state index contributed by atoms with van der Waals surface area (Å²) in [5.41, 5.74) is 8.78. The standard InChI is InChI=1S/C22H32N6OS.HI/c1-17-14-26(15-18(2)29-17)16-20-5-3-19(4-6-20)13-25-21(23)27-8-10-28(11-9-27)22-24-7-12-30-22;/h3-7,12,17-18H,8-11,13-16H2,1-2H3,(H2,23,25);1H. The van der Waals surface area contributed by atoms with Crippen LogP contribution in [0.1, 0.15) is 25.0 Å². The summed E-state index contributed by atoms with van der Waals surface area (Å²) >= 11 is 1.68. The van der Waals surface area contributed by atoms with E-state index in [4.69, 9.17) is 10.5 Å². The zero-order chi connectivity index (χ0) is 20.9. The number of anilines is 1. The first kappa shape index (κ1) is 24.2. The second-order valence-electron chi connectivity index (χ2n) is 8.23. The van der Waals surface area contributed by atoms with Gasteiger partial charge in [0.1, 0.15) is 0 Å². The number of thiazole rings is 1. The number of halogens is 1. The third-order valence-electron chi connectivity index (χ3n) is 5.64. The molecule has 0 aliphatic carbocycles. The monoisotopic (exact) mass is 556 g/mol. The molecule has 2 unspecified atom stereocenters. The molecule has 9 heteroatoms. The number of nitrogens with two attached hydrogens (primary N) is 1. The van der Waals surface area contributed by atoms with Crippen LogP contribution < -0.4 is 10.6 Å². The molecule has 2 aliphatic rings. The summed E-state index contributed by atoms with van der Waals surface area (Å²) in [4.78, 5) is 16.0. The molecule has 170 valence electrons. The number of piperazine rings is 1. The number of benzene rings is 1. The van der Waals surface area contributed by atoms with E-state index in [9.17, 15) is 0 Å². The van der Waals surface area contributed by atoms with Gasteiger partial charge in [0, 0.05) is 57.4 Å². The Bertz CT molecular complexity index is 813. The Labute approximate surface area is 206 Å². The number of morpholine rings is 1. The lowest BCUT2D eigenvalue weighted by Gasteiger charge is -2.35. The van der Waals surface area contributed by atoms with Crippen molar-refractivity contribution in [1.29, 1.82) is 0 Å². The molecule has 4 rings (SSSR count). The number of guanidine groups is 1. The van der Waals surface area contributed by atoms with E-state index in [0.29, 0.717) is 24.7 Å². The van der Waals surface area contributed by atoms with E-state index < -0.39 is 0 Å². The van der Waals surface area contributed by atoms with Gasteiger partial charge in [-0.15, -0.1) is 35.3 Å². The van der Waals surface area contributed by atoms with Gasteiger partial charge in [-0.25, -0.2) is 9.98 Å². The van der Waals surface area contributed by atoms with E-state index in [1.54, 1.807) is 11.3 Å². The van der Waals surface area contributed by atoms with Crippen LogP contribution in [0.25, 0.3) is 0 Å². The number of hydrogen-bond acceptors (Lipinski definition) is 6. The minimum absolute atomic E-state index is 0. The minimum atomic E-state index is 0. The van der Waals surface area contributed by atoms with Crippen LogP contribution in [0, 0.1) is 0 Å². The fourth-order valence-corrected chi connectivity index (χ4v) is 4.89. The zero-order valence-corrected chi connectivity index (χ0v) is 21.5. The van der Waals surface area contributed by atoms with Gasteiger partial charge in [0.2, 0.25) is 0 Å². The second-order valence-corrected chi connectivity index (χ2v) is 9.10. The van der Waals surface area contributed by atoms with Gasteiger partial charge in [0.05, 0.1) is 18.8 Å². The summed E-state index contributed by atoms with van der Waals surface area (Å²) in [6.07, 6.45) is 2.46. The van der Waals surface area contributed by atoms with E-state index in [2.05, 4.69) is 62.8 Å². The van der Waals surface area contributed by atoms with E-state index in [1.165, 1.54) is 11.1 Å². The summed E-state index contributed by atoms with van der Waals surface area (Å²) in [5, 5.41) is 3.11. The molecule has 2 aliphatic heterocycles. The van der Waals surface area contributed by atoms with Crippen LogP contribution in [0.5, 0.6) is 0 Å². The van der Waals surface area contributed by atoms with Crippen molar-refractivity contribution in [2.75, 3.05) is 44.2 Å². The van der Waals surface area contributed by atoms with Crippen LogP contribution in [0.15, 0.2) is 40.8 Å². The quantitative estimate of drug-likeness (QED) is 0.347. The Morgan fingerprint density at radius 2 is 1.74 bits per heavy atom. The van der Waals surface area contributed by atoms with Gasteiger partial charge in [-0.05, 0) is 25.0 Å². The molecule has 1 aromatic heterocycles. The molecule has 0 saturated carbocycles. The number of ether oxygens (including phenoxy) is 1. The van der Waals surface area contributed by atoms with E-state index in [1.807, 2.05) is 11.6 Å². The normalized spacial score (nSPS) is 23.0. The maximum Gasteiger partial charge on any atom is 0.191 e. The van der Waals surface area contributed by atoms with Crippen molar-refractivity contribution in [3.63, 3.8) is 0 Å². The van der Waals surface area contributed by atoms with Crippen molar-refractivity contribution in [2.45, 2.75) is 39.1 Å². The molecule has 0 spiro atoms. The molecule has 2 fully saturated rings. The highest BCUT2D eigenvalue weighted by Gasteiger charge is 2.22. The fraction of sp³-hybridized carbons (Fsp3) is 0.545. The number of nitrogens with zero attached hydrogens (tertiary/aromatic N) is 5. The van der Waals surface area contributed by atoms with E-state index in [0.717, 1.165) is 50.9 Å². The summed E-state index contributed by atoms with van der Waals surface area (Å²) in [6.45, 7) is 11.5. The lowest BCUT2D eigenvalue weighted by atomic mass is 10.1. The van der Waals surface area contributed by atoms with Gasteiger partial charge in [0.25, 0.3) is 0 Å². The largest absolute Gasteiger partial charge is 0.373 e. The van der Waals surface area contributed by atoms with Crippen molar-refractivity contribution < 1.29 is 4.74 Å². The number of hydrogen-bond donors (Lipinski definition) is 1. The second kappa shape index (κ2) is 11.4.